The van der Waals surface area contributed by atoms with Crippen LogP contribution in [0.4, 0.5) is 55.3 Å². The van der Waals surface area contributed by atoms with Crippen LogP contribution in [0.5, 0.6) is 0 Å². The van der Waals surface area contributed by atoms with E-state index in [0.29, 0.717) is 4.90 Å². The molecule has 1 N–H and O–H groups in total. The molecule has 37 heavy (non-hydrogen) atoms. The number of halogens is 10. The molecule has 0 aliphatic heterocycles. The monoisotopic (exact) mass is 560 g/mol. The third-order valence-corrected chi connectivity index (χ3v) is 6.38. The molecule has 3 rings (SSSR count). The summed E-state index contributed by atoms with van der Waals surface area (Å²) in [5.41, 5.74) is -10.2. The Labute approximate surface area is 203 Å². The van der Waals surface area contributed by atoms with E-state index in [4.69, 9.17) is 0 Å². The summed E-state index contributed by atoms with van der Waals surface area (Å²) < 4.78 is 167. The lowest BCUT2D eigenvalue weighted by atomic mass is 9.94. The van der Waals surface area contributed by atoms with Crippen LogP contribution < -0.4 is 9.62 Å². The van der Waals surface area contributed by atoms with Gasteiger partial charge < -0.3 is 4.90 Å². The lowest BCUT2D eigenvalue weighted by molar-refractivity contribution is -0.142. The molecule has 0 fully saturated rings. The van der Waals surface area contributed by atoms with Gasteiger partial charge in [0.1, 0.15) is 0 Å². The average Bonchev–Trinajstić information content (AvgIpc) is 2.79. The molecule has 0 saturated heterocycles. The fourth-order valence-corrected chi connectivity index (χ4v) is 4.58. The highest BCUT2D eigenvalue weighted by molar-refractivity contribution is 7.92. The van der Waals surface area contributed by atoms with Crippen LogP contribution in [0.25, 0.3) is 11.1 Å². The van der Waals surface area contributed by atoms with Crippen molar-refractivity contribution in [3.8, 4) is 11.1 Å². The van der Waals surface area contributed by atoms with E-state index in [-0.39, 0.29) is 12.1 Å². The van der Waals surface area contributed by atoms with Gasteiger partial charge in [-0.05, 0) is 29.8 Å². The minimum Gasteiger partial charge on any atom is -0.377 e. The summed E-state index contributed by atoms with van der Waals surface area (Å²) in [6, 6.07) is 5.55. The Morgan fingerprint density at radius 2 is 1.19 bits per heavy atom. The van der Waals surface area contributed by atoms with Crippen molar-refractivity contribution in [3.05, 3.63) is 76.9 Å². The number of alkyl halides is 6. The second-order valence-electron chi connectivity index (χ2n) is 7.73. The van der Waals surface area contributed by atoms with Crippen molar-refractivity contribution >= 4 is 21.4 Å². The molecule has 3 aromatic carbocycles. The van der Waals surface area contributed by atoms with Gasteiger partial charge in [0.15, 0.2) is 23.3 Å². The summed E-state index contributed by atoms with van der Waals surface area (Å²) in [6.07, 6.45) is -11.0. The number of nitrogens with one attached hydrogen (secondary N) is 1. The maximum atomic E-state index is 14.9. The summed E-state index contributed by atoms with van der Waals surface area (Å²) in [7, 11) is -3.19. The number of nitrogens with zero attached hydrogens (tertiary/aromatic N) is 1. The van der Waals surface area contributed by atoms with E-state index < -0.39 is 84.2 Å². The van der Waals surface area contributed by atoms with Gasteiger partial charge in [-0.2, -0.15) is 26.3 Å². The van der Waals surface area contributed by atoms with Crippen LogP contribution in [0.2, 0.25) is 0 Å². The first-order chi connectivity index (χ1) is 16.9. The Bertz CT molecular complexity index is 1420. The van der Waals surface area contributed by atoms with Crippen LogP contribution in [0.15, 0.2) is 47.4 Å². The van der Waals surface area contributed by atoms with Crippen molar-refractivity contribution in [1.29, 1.82) is 0 Å². The maximum Gasteiger partial charge on any atom is 0.418 e. The summed E-state index contributed by atoms with van der Waals surface area (Å²) in [6.45, 7) is 0. The molecule has 0 aliphatic carbocycles. The topological polar surface area (TPSA) is 49.4 Å². The molecule has 200 valence electrons. The minimum absolute atomic E-state index is 0.0555. The smallest absolute Gasteiger partial charge is 0.377 e. The van der Waals surface area contributed by atoms with Crippen molar-refractivity contribution in [2.75, 3.05) is 23.7 Å². The number of rotatable bonds is 5. The van der Waals surface area contributed by atoms with Gasteiger partial charge >= 0.3 is 12.4 Å². The minimum atomic E-state index is -5.49. The lowest BCUT2D eigenvalue weighted by Gasteiger charge is -2.26. The van der Waals surface area contributed by atoms with Crippen molar-refractivity contribution < 1.29 is 52.3 Å². The van der Waals surface area contributed by atoms with Gasteiger partial charge in [0.2, 0.25) is 0 Å². The van der Waals surface area contributed by atoms with Crippen molar-refractivity contribution in [2.45, 2.75) is 17.2 Å². The molecule has 0 heterocycles. The molecule has 0 bridgehead atoms. The van der Waals surface area contributed by atoms with E-state index >= 15 is 0 Å². The molecule has 0 amide bonds. The van der Waals surface area contributed by atoms with E-state index in [1.54, 1.807) is 0 Å². The summed E-state index contributed by atoms with van der Waals surface area (Å²) in [5, 5.41) is 0. The van der Waals surface area contributed by atoms with Crippen molar-refractivity contribution in [2.24, 2.45) is 0 Å². The molecular formula is C22H14F10N2O2S. The highest BCUT2D eigenvalue weighted by Gasteiger charge is 2.43. The van der Waals surface area contributed by atoms with Crippen molar-refractivity contribution in [1.82, 2.24) is 0 Å². The molecule has 15 heteroatoms. The lowest BCUT2D eigenvalue weighted by Crippen LogP contribution is -2.22. The third kappa shape index (κ3) is 5.31. The average molecular weight is 560 g/mol. The zero-order valence-electron chi connectivity index (χ0n) is 18.5. The van der Waals surface area contributed by atoms with Crippen LogP contribution in [0, 0.1) is 23.3 Å². The Morgan fingerprint density at radius 1 is 0.730 bits per heavy atom. The normalized spacial score (nSPS) is 12.5. The summed E-state index contributed by atoms with van der Waals surface area (Å²) in [4.78, 5) is -0.142. The SMILES string of the molecule is CN(C)c1c(C(F)(F)F)cc(-c2c(F)c(F)c(F)c(F)c2NS(=O)(=O)c2ccccc2)cc1C(F)(F)F. The zero-order chi connectivity index (χ0) is 28.1. The fourth-order valence-electron chi connectivity index (χ4n) is 3.48. The molecule has 0 saturated carbocycles. The Balaban J connectivity index is 2.47. The molecular weight excluding hydrogens is 546 g/mol. The first kappa shape index (κ1) is 28.1. The van der Waals surface area contributed by atoms with Gasteiger partial charge in [0, 0.05) is 19.7 Å². The van der Waals surface area contributed by atoms with E-state index in [1.807, 2.05) is 0 Å². The van der Waals surface area contributed by atoms with E-state index in [9.17, 15) is 52.3 Å². The molecule has 0 spiro atoms. The number of anilines is 2. The van der Waals surface area contributed by atoms with E-state index in [0.717, 1.165) is 26.2 Å². The molecule has 0 aromatic heterocycles. The first-order valence-electron chi connectivity index (χ1n) is 9.81. The Hall–Kier alpha value is -3.49. The quantitative estimate of drug-likeness (QED) is 0.212. The summed E-state index contributed by atoms with van der Waals surface area (Å²) >= 11 is 0. The predicted octanol–water partition coefficient (Wildman–Crippen LogP) is 6.81. The number of benzene rings is 3. The highest BCUT2D eigenvalue weighted by Crippen LogP contribution is 2.48. The van der Waals surface area contributed by atoms with Gasteiger partial charge in [-0.1, -0.05) is 18.2 Å². The number of hydrogen-bond acceptors (Lipinski definition) is 3. The zero-order valence-corrected chi connectivity index (χ0v) is 19.3. The maximum absolute atomic E-state index is 14.9. The van der Waals surface area contributed by atoms with Gasteiger partial charge in [-0.25, -0.2) is 26.0 Å². The van der Waals surface area contributed by atoms with E-state index in [2.05, 4.69) is 0 Å². The van der Waals surface area contributed by atoms with Gasteiger partial charge in [-0.15, -0.1) is 0 Å². The van der Waals surface area contributed by atoms with Crippen LogP contribution >= 0.6 is 0 Å². The Morgan fingerprint density at radius 3 is 1.62 bits per heavy atom. The predicted molar refractivity (Wildman–Crippen MR) is 113 cm³/mol. The van der Waals surface area contributed by atoms with E-state index in [1.165, 1.54) is 22.9 Å². The summed E-state index contributed by atoms with van der Waals surface area (Å²) in [5.74, 6) is -9.96. The van der Waals surface area contributed by atoms with Crippen LogP contribution in [-0.4, -0.2) is 22.5 Å². The molecule has 4 nitrogen and oxygen atoms in total. The standard InChI is InChI=1S/C22H14F10N2O2S/c1-34(2)20-12(21(27,28)29)8-10(9-13(20)22(30,31)32)14-15(23)16(24)17(25)18(26)19(14)33-37(35,36)11-6-4-3-5-7-11/h3-9,33H,1-2H3. The van der Waals surface area contributed by atoms with Gasteiger partial charge in [-0.3, -0.25) is 4.72 Å². The second-order valence-corrected chi connectivity index (χ2v) is 9.42. The van der Waals surface area contributed by atoms with Gasteiger partial charge in [0.25, 0.3) is 10.0 Å². The fraction of sp³-hybridized carbons (Fsp3) is 0.182. The highest BCUT2D eigenvalue weighted by atomic mass is 32.2. The molecule has 0 radical (unpaired) electrons. The largest absolute Gasteiger partial charge is 0.418 e. The third-order valence-electron chi connectivity index (χ3n) is 5.01. The molecule has 0 unspecified atom stereocenters. The van der Waals surface area contributed by atoms with Crippen LogP contribution in [0.1, 0.15) is 11.1 Å². The van der Waals surface area contributed by atoms with Crippen LogP contribution in [-0.2, 0) is 22.4 Å². The number of hydrogen-bond donors (Lipinski definition) is 1. The van der Waals surface area contributed by atoms with Crippen LogP contribution in [0.3, 0.4) is 0 Å². The number of sulfonamides is 1. The van der Waals surface area contributed by atoms with Gasteiger partial charge in [0.05, 0.1) is 27.4 Å². The molecule has 3 aromatic rings. The molecule has 0 aliphatic rings. The Kier molecular flexibility index (Phi) is 7.16. The first-order valence-corrected chi connectivity index (χ1v) is 11.3. The van der Waals surface area contributed by atoms with Crippen molar-refractivity contribution in [3.63, 3.8) is 0 Å². The molecule has 0 atom stereocenters. The second kappa shape index (κ2) is 9.43.